The Morgan fingerprint density at radius 3 is 2.55 bits per heavy atom. The molecule has 12 nitrogen and oxygen atoms in total. The lowest BCUT2D eigenvalue weighted by atomic mass is 9.87. The SMILES string of the molecule is Cc1cc(C2CN(C3CCN(C(=O)CCS(C)(=O)=O)CC3)C2)cc2c1OCc1c(ncnc1N1CCS(=N)(=O)CC1)N2. The molecule has 0 aliphatic carbocycles. The van der Waals surface area contributed by atoms with Crippen molar-refractivity contribution in [2.75, 3.05) is 73.0 Å². The molecule has 0 unspecified atom stereocenters. The second-order valence-corrected chi connectivity index (χ2v) is 16.7. The van der Waals surface area contributed by atoms with Gasteiger partial charge in [0, 0.05) is 85.1 Å². The van der Waals surface area contributed by atoms with Crippen LogP contribution in [0.15, 0.2) is 18.5 Å². The van der Waals surface area contributed by atoms with Crippen LogP contribution >= 0.6 is 0 Å². The summed E-state index contributed by atoms with van der Waals surface area (Å²) in [5.74, 6) is 3.21. The number of nitrogens with one attached hydrogen (secondary N) is 2. The molecule has 1 aromatic carbocycles. The van der Waals surface area contributed by atoms with Crippen molar-refractivity contribution in [1.82, 2.24) is 19.8 Å². The van der Waals surface area contributed by atoms with E-state index in [-0.39, 0.29) is 18.1 Å². The number of anilines is 3. The van der Waals surface area contributed by atoms with Crippen LogP contribution in [-0.4, -0.2) is 107 Å². The highest BCUT2D eigenvalue weighted by Gasteiger charge is 2.36. The van der Waals surface area contributed by atoms with Gasteiger partial charge < -0.3 is 19.9 Å². The van der Waals surface area contributed by atoms with Crippen molar-refractivity contribution < 1.29 is 22.2 Å². The Bertz CT molecular complexity index is 1570. The Balaban J connectivity index is 1.08. The van der Waals surface area contributed by atoms with E-state index in [9.17, 15) is 17.4 Å². The number of nitrogens with zero attached hydrogens (tertiary/aromatic N) is 5. The lowest BCUT2D eigenvalue weighted by molar-refractivity contribution is -0.132. The Hall–Kier alpha value is -2.97. The zero-order chi connectivity index (χ0) is 29.6. The number of aromatic nitrogens is 2. The first kappa shape index (κ1) is 29.1. The summed E-state index contributed by atoms with van der Waals surface area (Å²) in [6.07, 6.45) is 4.59. The average molecular weight is 618 g/mol. The van der Waals surface area contributed by atoms with Gasteiger partial charge in [-0.1, -0.05) is 6.07 Å². The van der Waals surface area contributed by atoms with Crippen molar-refractivity contribution in [1.29, 1.82) is 4.78 Å². The normalized spacial score (nSPS) is 21.4. The molecule has 0 saturated carbocycles. The highest BCUT2D eigenvalue weighted by Crippen LogP contribution is 2.42. The average Bonchev–Trinajstić information content (AvgIpc) is 3.11. The van der Waals surface area contributed by atoms with Crippen LogP contribution in [0.3, 0.4) is 0 Å². The standard InChI is InChI=1S/C28H39N7O5S2/c1-19-13-20(21-15-35(16-21)22-3-6-33(7-4-22)25(36)5-10-41(2,37)38)14-24-26(19)40-17-23-27(32-24)30-18-31-28(23)34-8-11-42(29,39)12-9-34/h13-14,18,21-22,29H,3-12,15-17H2,1-2H3,(H,30,31,32). The van der Waals surface area contributed by atoms with Gasteiger partial charge in [-0.25, -0.2) is 22.6 Å². The number of amides is 1. The lowest BCUT2D eigenvalue weighted by Crippen LogP contribution is -2.54. The number of carbonyl (C=O) groups is 1. The molecule has 4 aliphatic rings. The Morgan fingerprint density at radius 2 is 1.86 bits per heavy atom. The smallest absolute Gasteiger partial charge is 0.223 e. The van der Waals surface area contributed by atoms with Crippen molar-refractivity contribution in [2.24, 2.45) is 0 Å². The second-order valence-electron chi connectivity index (χ2n) is 12.0. The first-order valence-electron chi connectivity index (χ1n) is 14.5. The summed E-state index contributed by atoms with van der Waals surface area (Å²) in [6.45, 7) is 6.72. The largest absolute Gasteiger partial charge is 0.486 e. The minimum Gasteiger partial charge on any atom is -0.486 e. The van der Waals surface area contributed by atoms with Crippen LogP contribution in [0, 0.1) is 11.7 Å². The van der Waals surface area contributed by atoms with Gasteiger partial charge in [0.25, 0.3) is 0 Å². The first-order chi connectivity index (χ1) is 20.0. The predicted molar refractivity (Wildman–Crippen MR) is 162 cm³/mol. The molecule has 1 amide bonds. The molecular weight excluding hydrogens is 578 g/mol. The van der Waals surface area contributed by atoms with Gasteiger partial charge in [-0.2, -0.15) is 0 Å². The quantitative estimate of drug-likeness (QED) is 0.494. The van der Waals surface area contributed by atoms with Crippen LogP contribution in [0.4, 0.5) is 17.3 Å². The van der Waals surface area contributed by atoms with Crippen molar-refractivity contribution in [3.05, 3.63) is 35.2 Å². The molecule has 0 bridgehead atoms. The van der Waals surface area contributed by atoms with Gasteiger partial charge in [0.1, 0.15) is 40.2 Å². The molecule has 3 saturated heterocycles. The Morgan fingerprint density at radius 1 is 1.14 bits per heavy atom. The van der Waals surface area contributed by atoms with Gasteiger partial charge >= 0.3 is 0 Å². The van der Waals surface area contributed by atoms with E-state index in [2.05, 4.69) is 44.1 Å². The topological polar surface area (TPSA) is 149 Å². The van der Waals surface area contributed by atoms with Gasteiger partial charge in [-0.3, -0.25) is 14.5 Å². The molecule has 14 heteroatoms. The van der Waals surface area contributed by atoms with E-state index >= 15 is 0 Å². The van der Waals surface area contributed by atoms with E-state index in [1.54, 1.807) is 6.33 Å². The molecule has 4 aliphatic heterocycles. The van der Waals surface area contributed by atoms with E-state index in [0.717, 1.165) is 54.3 Å². The number of ether oxygens (including phenoxy) is 1. The van der Waals surface area contributed by atoms with Crippen LogP contribution in [0.25, 0.3) is 0 Å². The Kier molecular flexibility index (Phi) is 7.81. The van der Waals surface area contributed by atoms with E-state index in [1.165, 1.54) is 11.8 Å². The number of fused-ring (bicyclic) bond motifs is 2. The van der Waals surface area contributed by atoms with Gasteiger partial charge in [-0.15, -0.1) is 0 Å². The minimum absolute atomic E-state index is 0.0652. The molecule has 3 fully saturated rings. The molecule has 1 aromatic heterocycles. The maximum Gasteiger partial charge on any atom is 0.223 e. The number of carbonyl (C=O) groups excluding carboxylic acids is 1. The fraction of sp³-hybridized carbons (Fsp3) is 0.607. The molecule has 5 heterocycles. The summed E-state index contributed by atoms with van der Waals surface area (Å²) in [6, 6.07) is 4.81. The fourth-order valence-electron chi connectivity index (χ4n) is 6.38. The van der Waals surface area contributed by atoms with Gasteiger partial charge in [-0.05, 0) is 37.0 Å². The zero-order valence-corrected chi connectivity index (χ0v) is 25.8. The molecule has 0 radical (unpaired) electrons. The number of benzene rings is 1. The first-order valence-corrected chi connectivity index (χ1v) is 18.5. The van der Waals surface area contributed by atoms with E-state index in [4.69, 9.17) is 9.52 Å². The molecule has 2 N–H and O–H groups in total. The maximum atomic E-state index is 12.4. The zero-order valence-electron chi connectivity index (χ0n) is 24.2. The third-order valence-electron chi connectivity index (χ3n) is 8.92. The fourth-order valence-corrected chi connectivity index (χ4v) is 8.16. The summed E-state index contributed by atoms with van der Waals surface area (Å²) in [4.78, 5) is 27.9. The minimum atomic E-state index is -3.14. The van der Waals surface area contributed by atoms with Crippen molar-refractivity contribution in [3.63, 3.8) is 0 Å². The Labute approximate surface area is 247 Å². The summed E-state index contributed by atoms with van der Waals surface area (Å²) >= 11 is 0. The summed E-state index contributed by atoms with van der Waals surface area (Å²) in [5, 5.41) is 3.51. The van der Waals surface area contributed by atoms with Gasteiger partial charge in [0.15, 0.2) is 0 Å². The number of likely N-dealkylation sites (tertiary alicyclic amines) is 2. The lowest BCUT2D eigenvalue weighted by Gasteiger charge is -2.47. The highest BCUT2D eigenvalue weighted by atomic mass is 32.2. The predicted octanol–water partition coefficient (Wildman–Crippen LogP) is 2.11. The van der Waals surface area contributed by atoms with Crippen molar-refractivity contribution >= 4 is 42.8 Å². The summed E-state index contributed by atoms with van der Waals surface area (Å²) in [5.41, 5.74) is 4.07. The molecule has 42 heavy (non-hydrogen) atoms. The number of piperidine rings is 1. The van der Waals surface area contributed by atoms with Gasteiger partial charge in [0.05, 0.1) is 17.0 Å². The molecule has 0 atom stereocenters. The highest BCUT2D eigenvalue weighted by molar-refractivity contribution is 7.92. The summed E-state index contributed by atoms with van der Waals surface area (Å²) in [7, 11) is -5.64. The molecule has 2 aromatic rings. The van der Waals surface area contributed by atoms with Crippen LogP contribution in [-0.2, 0) is 31.0 Å². The molecule has 6 rings (SSSR count). The molecular formula is C28H39N7O5S2. The van der Waals surface area contributed by atoms with E-state index in [0.29, 0.717) is 62.1 Å². The number of hydrogen-bond donors (Lipinski definition) is 2. The van der Waals surface area contributed by atoms with E-state index in [1.807, 2.05) is 4.90 Å². The number of aryl methyl sites for hydroxylation is 1. The summed E-state index contributed by atoms with van der Waals surface area (Å²) < 4.78 is 49.2. The van der Waals surface area contributed by atoms with Crippen LogP contribution in [0.1, 0.15) is 41.9 Å². The number of sulfone groups is 1. The van der Waals surface area contributed by atoms with E-state index < -0.39 is 19.6 Å². The third-order valence-corrected chi connectivity index (χ3v) is 11.5. The monoisotopic (exact) mass is 617 g/mol. The number of rotatable bonds is 6. The van der Waals surface area contributed by atoms with Crippen molar-refractivity contribution in [2.45, 2.75) is 44.8 Å². The van der Waals surface area contributed by atoms with Crippen LogP contribution in [0.2, 0.25) is 0 Å². The van der Waals surface area contributed by atoms with Gasteiger partial charge in [0.2, 0.25) is 5.91 Å². The molecule has 228 valence electrons. The van der Waals surface area contributed by atoms with Crippen LogP contribution < -0.4 is 15.0 Å². The third kappa shape index (κ3) is 6.20. The number of hydrogen-bond acceptors (Lipinski definition) is 11. The maximum absolute atomic E-state index is 12.4. The molecule has 0 spiro atoms. The van der Waals surface area contributed by atoms with Crippen LogP contribution in [0.5, 0.6) is 5.75 Å². The second kappa shape index (κ2) is 11.3. The van der Waals surface area contributed by atoms with Crippen molar-refractivity contribution in [3.8, 4) is 5.75 Å².